The number of carbonyl (C=O) groups is 1. The normalized spacial score (nSPS) is 19.1. The average Bonchev–Trinajstić information content (AvgIpc) is 3.13. The molecule has 1 saturated heterocycles. The number of thioether (sulfide) groups is 1. The van der Waals surface area contributed by atoms with E-state index in [1.807, 2.05) is 23.1 Å². The van der Waals surface area contributed by atoms with Gasteiger partial charge in [0.05, 0.1) is 6.42 Å². The van der Waals surface area contributed by atoms with E-state index in [9.17, 15) is 9.18 Å². The molecule has 0 radical (unpaired) electrons. The minimum Gasteiger partial charge on any atom is -0.486 e. The van der Waals surface area contributed by atoms with E-state index in [1.54, 1.807) is 23.9 Å². The van der Waals surface area contributed by atoms with Gasteiger partial charge in [0.2, 0.25) is 5.91 Å². The highest BCUT2D eigenvalue weighted by atomic mass is 32.2. The van der Waals surface area contributed by atoms with Crippen LogP contribution < -0.4 is 9.47 Å². The van der Waals surface area contributed by atoms with Crippen LogP contribution in [0.15, 0.2) is 42.5 Å². The number of ether oxygens (including phenoxy) is 2. The molecule has 4 rings (SSSR count). The summed E-state index contributed by atoms with van der Waals surface area (Å²) in [7, 11) is 0. The summed E-state index contributed by atoms with van der Waals surface area (Å²) >= 11 is 1.74. The summed E-state index contributed by atoms with van der Waals surface area (Å²) in [5, 5.41) is -0.0243. The molecule has 0 aliphatic carbocycles. The van der Waals surface area contributed by atoms with Gasteiger partial charge >= 0.3 is 0 Å². The standard InChI is InChI=1S/C19H18FNO3S/c20-15-4-1-13(2-5-15)11-18(22)21-7-10-25-19(21)14-3-6-16-17(12-14)24-9-8-23-16/h1-6,12,19H,7-11H2. The van der Waals surface area contributed by atoms with E-state index in [4.69, 9.17) is 9.47 Å². The lowest BCUT2D eigenvalue weighted by Crippen LogP contribution is -2.31. The summed E-state index contributed by atoms with van der Waals surface area (Å²) in [6.45, 7) is 1.82. The lowest BCUT2D eigenvalue weighted by Gasteiger charge is -2.26. The van der Waals surface area contributed by atoms with Gasteiger partial charge in [-0.15, -0.1) is 11.8 Å². The molecule has 0 aromatic heterocycles. The van der Waals surface area contributed by atoms with Crippen molar-refractivity contribution in [2.24, 2.45) is 0 Å². The smallest absolute Gasteiger partial charge is 0.228 e. The van der Waals surface area contributed by atoms with Gasteiger partial charge in [-0.3, -0.25) is 4.79 Å². The molecule has 130 valence electrons. The third-order valence-corrected chi connectivity index (χ3v) is 5.59. The second kappa shape index (κ2) is 6.96. The zero-order chi connectivity index (χ0) is 17.2. The zero-order valence-electron chi connectivity index (χ0n) is 13.6. The largest absolute Gasteiger partial charge is 0.486 e. The SMILES string of the molecule is O=C(Cc1ccc(F)cc1)N1CCSC1c1ccc2c(c1)OCCO2. The monoisotopic (exact) mass is 359 g/mol. The average molecular weight is 359 g/mol. The summed E-state index contributed by atoms with van der Waals surface area (Å²) in [5.74, 6) is 2.15. The van der Waals surface area contributed by atoms with Crippen LogP contribution in [0.4, 0.5) is 4.39 Å². The Morgan fingerprint density at radius 3 is 2.68 bits per heavy atom. The van der Waals surface area contributed by atoms with Crippen molar-refractivity contribution in [3.63, 3.8) is 0 Å². The Bertz CT molecular complexity index is 781. The number of rotatable bonds is 3. The number of benzene rings is 2. The van der Waals surface area contributed by atoms with Crippen LogP contribution in [0.2, 0.25) is 0 Å². The summed E-state index contributed by atoms with van der Waals surface area (Å²) in [5.41, 5.74) is 1.86. The van der Waals surface area contributed by atoms with Gasteiger partial charge in [-0.2, -0.15) is 0 Å². The molecule has 1 unspecified atom stereocenters. The van der Waals surface area contributed by atoms with Gasteiger partial charge < -0.3 is 14.4 Å². The molecule has 0 N–H and O–H groups in total. The molecule has 1 amide bonds. The topological polar surface area (TPSA) is 38.8 Å². The van der Waals surface area contributed by atoms with Gasteiger partial charge in [-0.05, 0) is 35.4 Å². The molecule has 0 saturated carbocycles. The Morgan fingerprint density at radius 2 is 1.88 bits per heavy atom. The first-order valence-corrected chi connectivity index (χ1v) is 9.31. The van der Waals surface area contributed by atoms with Crippen LogP contribution in [-0.2, 0) is 11.2 Å². The minimum atomic E-state index is -0.290. The number of amides is 1. The molecule has 2 aromatic rings. The van der Waals surface area contributed by atoms with E-state index in [2.05, 4.69) is 0 Å². The molecule has 1 atom stereocenters. The van der Waals surface area contributed by atoms with Crippen molar-refractivity contribution >= 4 is 17.7 Å². The summed E-state index contributed by atoms with van der Waals surface area (Å²) in [6.07, 6.45) is 0.280. The van der Waals surface area contributed by atoms with Crippen molar-refractivity contribution in [3.05, 3.63) is 59.4 Å². The number of fused-ring (bicyclic) bond motifs is 1. The van der Waals surface area contributed by atoms with E-state index in [0.717, 1.165) is 28.4 Å². The van der Waals surface area contributed by atoms with Crippen LogP contribution in [0.1, 0.15) is 16.5 Å². The zero-order valence-corrected chi connectivity index (χ0v) is 14.4. The minimum absolute atomic E-state index is 0.0243. The molecule has 2 heterocycles. The quantitative estimate of drug-likeness (QED) is 0.842. The Kier molecular flexibility index (Phi) is 4.53. The molecule has 6 heteroatoms. The first kappa shape index (κ1) is 16.3. The molecule has 2 aliphatic heterocycles. The number of hydrogen-bond acceptors (Lipinski definition) is 4. The molecular weight excluding hydrogens is 341 g/mol. The summed E-state index contributed by atoms with van der Waals surface area (Å²) in [6, 6.07) is 12.0. The van der Waals surface area contributed by atoms with E-state index >= 15 is 0 Å². The molecule has 4 nitrogen and oxygen atoms in total. The van der Waals surface area contributed by atoms with Crippen LogP contribution in [0, 0.1) is 5.82 Å². The van der Waals surface area contributed by atoms with Gasteiger partial charge in [-0.1, -0.05) is 18.2 Å². The highest BCUT2D eigenvalue weighted by Crippen LogP contribution is 2.41. The second-order valence-corrected chi connectivity index (χ2v) is 7.20. The van der Waals surface area contributed by atoms with Gasteiger partial charge in [0.25, 0.3) is 0 Å². The second-order valence-electron chi connectivity index (χ2n) is 6.02. The van der Waals surface area contributed by atoms with Gasteiger partial charge in [0, 0.05) is 12.3 Å². The summed E-state index contributed by atoms with van der Waals surface area (Å²) in [4.78, 5) is 14.6. The van der Waals surface area contributed by atoms with Crippen molar-refractivity contribution in [2.75, 3.05) is 25.5 Å². The highest BCUT2D eigenvalue weighted by Gasteiger charge is 2.31. The summed E-state index contributed by atoms with van der Waals surface area (Å²) < 4.78 is 24.2. The van der Waals surface area contributed by atoms with E-state index < -0.39 is 0 Å². The fraction of sp³-hybridized carbons (Fsp3) is 0.316. The maximum absolute atomic E-state index is 13.0. The van der Waals surface area contributed by atoms with Crippen molar-refractivity contribution in [3.8, 4) is 11.5 Å². The van der Waals surface area contributed by atoms with Crippen molar-refractivity contribution < 1.29 is 18.7 Å². The fourth-order valence-electron chi connectivity index (χ4n) is 3.09. The van der Waals surface area contributed by atoms with Crippen LogP contribution in [0.25, 0.3) is 0 Å². The van der Waals surface area contributed by atoms with Crippen molar-refractivity contribution in [1.29, 1.82) is 0 Å². The molecule has 2 aliphatic rings. The van der Waals surface area contributed by atoms with Crippen LogP contribution in [0.3, 0.4) is 0 Å². The molecule has 0 bridgehead atoms. The molecule has 25 heavy (non-hydrogen) atoms. The van der Waals surface area contributed by atoms with E-state index in [-0.39, 0.29) is 23.5 Å². The lowest BCUT2D eigenvalue weighted by molar-refractivity contribution is -0.130. The third-order valence-electron chi connectivity index (χ3n) is 4.33. The number of hydrogen-bond donors (Lipinski definition) is 0. The number of nitrogens with zero attached hydrogens (tertiary/aromatic N) is 1. The van der Waals surface area contributed by atoms with Crippen LogP contribution in [0.5, 0.6) is 11.5 Å². The molecule has 1 fully saturated rings. The highest BCUT2D eigenvalue weighted by molar-refractivity contribution is 7.99. The molecule has 0 spiro atoms. The van der Waals surface area contributed by atoms with Crippen LogP contribution in [-0.4, -0.2) is 36.3 Å². The molecular formula is C19H18FNO3S. The van der Waals surface area contributed by atoms with Gasteiger partial charge in [0.1, 0.15) is 24.4 Å². The lowest BCUT2D eigenvalue weighted by atomic mass is 10.1. The first-order valence-electron chi connectivity index (χ1n) is 8.26. The van der Waals surface area contributed by atoms with E-state index in [0.29, 0.717) is 19.8 Å². The van der Waals surface area contributed by atoms with Gasteiger partial charge in [0.15, 0.2) is 11.5 Å². The Morgan fingerprint density at radius 1 is 1.12 bits per heavy atom. The van der Waals surface area contributed by atoms with Gasteiger partial charge in [-0.25, -0.2) is 4.39 Å². The van der Waals surface area contributed by atoms with Crippen molar-refractivity contribution in [2.45, 2.75) is 11.8 Å². The number of carbonyl (C=O) groups excluding carboxylic acids is 1. The Labute approximate surface area is 149 Å². The first-order chi connectivity index (χ1) is 12.2. The molecule has 2 aromatic carbocycles. The predicted molar refractivity (Wildman–Crippen MR) is 94.4 cm³/mol. The van der Waals surface area contributed by atoms with Crippen LogP contribution >= 0.6 is 11.8 Å². The van der Waals surface area contributed by atoms with E-state index in [1.165, 1.54) is 12.1 Å². The van der Waals surface area contributed by atoms with Crippen molar-refractivity contribution in [1.82, 2.24) is 4.90 Å². The predicted octanol–water partition coefficient (Wildman–Crippen LogP) is 3.41. The maximum atomic E-state index is 13.0. The Hall–Kier alpha value is -2.21. The number of halogens is 1. The third kappa shape index (κ3) is 3.44. The Balaban J connectivity index is 1.51. The fourth-order valence-corrected chi connectivity index (χ4v) is 4.36. The maximum Gasteiger partial charge on any atom is 0.228 e.